The second-order valence-corrected chi connectivity index (χ2v) is 6.70. The molecule has 138 valence electrons. The van der Waals surface area contributed by atoms with E-state index in [9.17, 15) is 0 Å². The molecule has 2 heterocycles. The van der Waals surface area contributed by atoms with Crippen LogP contribution in [0.2, 0.25) is 0 Å². The van der Waals surface area contributed by atoms with Gasteiger partial charge in [0.1, 0.15) is 5.75 Å². The van der Waals surface area contributed by atoms with E-state index in [4.69, 9.17) is 9.47 Å². The maximum Gasteiger partial charge on any atom is 0.321 e. The highest BCUT2D eigenvalue weighted by atomic mass is 16.5. The highest BCUT2D eigenvalue weighted by Gasteiger charge is 2.20. The van der Waals surface area contributed by atoms with Crippen LogP contribution in [-0.4, -0.2) is 40.7 Å². The minimum atomic E-state index is 0.249. The van der Waals surface area contributed by atoms with Gasteiger partial charge in [-0.25, -0.2) is 9.97 Å². The summed E-state index contributed by atoms with van der Waals surface area (Å²) in [4.78, 5) is 10.6. The average molecular weight is 361 g/mol. The molecule has 1 aromatic heterocycles. The van der Waals surface area contributed by atoms with Gasteiger partial charge in [-0.1, -0.05) is 42.5 Å². The first-order valence-electron chi connectivity index (χ1n) is 9.27. The summed E-state index contributed by atoms with van der Waals surface area (Å²) in [5.74, 6) is 0.744. The molecule has 1 atom stereocenters. The van der Waals surface area contributed by atoms with E-state index in [0.717, 1.165) is 38.4 Å². The maximum atomic E-state index is 5.96. The lowest BCUT2D eigenvalue weighted by molar-refractivity contribution is -0.0304. The van der Waals surface area contributed by atoms with Gasteiger partial charge in [0.05, 0.1) is 12.7 Å². The molecule has 4 rings (SSSR count). The van der Waals surface area contributed by atoms with Gasteiger partial charge in [-0.15, -0.1) is 0 Å². The molecule has 1 aliphatic rings. The molecular formula is C22H23N3O2. The number of morpholine rings is 1. The third-order valence-electron chi connectivity index (χ3n) is 4.61. The molecule has 0 radical (unpaired) electrons. The lowest BCUT2D eigenvalue weighted by atomic mass is 10.1. The van der Waals surface area contributed by atoms with Gasteiger partial charge in [0.15, 0.2) is 0 Å². The first kappa shape index (κ1) is 17.6. The highest BCUT2D eigenvalue weighted by molar-refractivity contribution is 5.29. The van der Waals surface area contributed by atoms with Crippen LogP contribution in [0.4, 0.5) is 0 Å². The van der Waals surface area contributed by atoms with Crippen molar-refractivity contribution in [3.8, 4) is 11.8 Å². The summed E-state index contributed by atoms with van der Waals surface area (Å²) in [6, 6.07) is 20.8. The molecule has 0 N–H and O–H groups in total. The second kappa shape index (κ2) is 8.75. The van der Waals surface area contributed by atoms with Gasteiger partial charge < -0.3 is 9.47 Å². The Hall–Kier alpha value is -2.76. The van der Waals surface area contributed by atoms with E-state index in [1.54, 1.807) is 18.5 Å². The molecular weight excluding hydrogens is 338 g/mol. The number of ether oxygens (including phenoxy) is 2. The van der Waals surface area contributed by atoms with E-state index in [1.807, 2.05) is 12.1 Å². The van der Waals surface area contributed by atoms with E-state index in [2.05, 4.69) is 57.3 Å². The van der Waals surface area contributed by atoms with Crippen LogP contribution in [0, 0.1) is 0 Å². The Morgan fingerprint density at radius 3 is 2.48 bits per heavy atom. The van der Waals surface area contributed by atoms with Crippen LogP contribution < -0.4 is 4.74 Å². The summed E-state index contributed by atoms with van der Waals surface area (Å²) in [7, 11) is 0. The molecule has 0 unspecified atom stereocenters. The zero-order chi connectivity index (χ0) is 18.3. The van der Waals surface area contributed by atoms with Crippen molar-refractivity contribution >= 4 is 0 Å². The lowest BCUT2D eigenvalue weighted by Gasteiger charge is -2.33. The molecule has 0 amide bonds. The van der Waals surface area contributed by atoms with Crippen LogP contribution in [0.1, 0.15) is 11.1 Å². The number of nitrogens with zero attached hydrogens (tertiary/aromatic N) is 3. The quantitative estimate of drug-likeness (QED) is 0.670. The fourth-order valence-electron chi connectivity index (χ4n) is 3.29. The van der Waals surface area contributed by atoms with Crippen LogP contribution >= 0.6 is 0 Å². The van der Waals surface area contributed by atoms with Crippen molar-refractivity contribution in [2.24, 2.45) is 0 Å². The molecule has 5 heteroatoms. The monoisotopic (exact) mass is 361 g/mol. The Morgan fingerprint density at radius 1 is 0.926 bits per heavy atom. The summed E-state index contributed by atoms with van der Waals surface area (Å²) in [6.45, 7) is 3.60. The van der Waals surface area contributed by atoms with Crippen molar-refractivity contribution in [1.82, 2.24) is 14.9 Å². The molecule has 1 fully saturated rings. The number of benzene rings is 2. The minimum Gasteiger partial charge on any atom is -0.424 e. The predicted molar refractivity (Wildman–Crippen MR) is 104 cm³/mol. The summed E-state index contributed by atoms with van der Waals surface area (Å²) in [5, 5.41) is 0. The third kappa shape index (κ3) is 5.12. The van der Waals surface area contributed by atoms with Crippen LogP contribution in [0.3, 0.4) is 0 Å². The predicted octanol–water partition coefficient (Wildman–Crippen LogP) is 3.71. The van der Waals surface area contributed by atoms with Crippen molar-refractivity contribution in [3.63, 3.8) is 0 Å². The Balaban J connectivity index is 1.32. The van der Waals surface area contributed by atoms with Gasteiger partial charge in [-0.2, -0.15) is 0 Å². The van der Waals surface area contributed by atoms with Crippen molar-refractivity contribution < 1.29 is 9.47 Å². The Bertz CT molecular complexity index is 825. The van der Waals surface area contributed by atoms with Crippen LogP contribution in [0.25, 0.3) is 0 Å². The minimum absolute atomic E-state index is 0.249. The fourth-order valence-corrected chi connectivity index (χ4v) is 3.29. The summed E-state index contributed by atoms with van der Waals surface area (Å²) in [6.07, 6.45) is 4.54. The first-order valence-corrected chi connectivity index (χ1v) is 9.27. The largest absolute Gasteiger partial charge is 0.424 e. The molecule has 1 aliphatic heterocycles. The van der Waals surface area contributed by atoms with E-state index < -0.39 is 0 Å². The summed E-state index contributed by atoms with van der Waals surface area (Å²) < 4.78 is 11.6. The molecule has 3 aromatic rings. The van der Waals surface area contributed by atoms with Crippen molar-refractivity contribution in [1.29, 1.82) is 0 Å². The van der Waals surface area contributed by atoms with Gasteiger partial charge >= 0.3 is 6.01 Å². The first-order chi connectivity index (χ1) is 13.3. The molecule has 0 saturated carbocycles. The highest BCUT2D eigenvalue weighted by Crippen LogP contribution is 2.19. The normalized spacial score (nSPS) is 17.6. The van der Waals surface area contributed by atoms with Crippen molar-refractivity contribution in [3.05, 3.63) is 84.2 Å². The third-order valence-corrected chi connectivity index (χ3v) is 4.61. The van der Waals surface area contributed by atoms with Gasteiger partial charge in [0, 0.05) is 32.0 Å². The molecule has 0 aliphatic carbocycles. The molecule has 1 saturated heterocycles. The van der Waals surface area contributed by atoms with Crippen molar-refractivity contribution in [2.45, 2.75) is 19.1 Å². The number of hydrogen-bond donors (Lipinski definition) is 0. The van der Waals surface area contributed by atoms with Gasteiger partial charge in [-0.05, 0) is 35.7 Å². The molecule has 0 bridgehead atoms. The topological polar surface area (TPSA) is 47.5 Å². The number of rotatable bonds is 6. The zero-order valence-electron chi connectivity index (χ0n) is 15.2. The molecule has 5 nitrogen and oxygen atoms in total. The smallest absolute Gasteiger partial charge is 0.321 e. The van der Waals surface area contributed by atoms with E-state index >= 15 is 0 Å². The standard InChI is InChI=1S/C22H23N3O2/c1-2-5-18(6-3-1)15-21-17-25(13-14-26-21)16-19-7-9-20(10-8-19)27-22-23-11-4-12-24-22/h1-12,21H,13-17H2/t21-/m0/s1. The lowest BCUT2D eigenvalue weighted by Crippen LogP contribution is -2.42. The SMILES string of the molecule is c1ccc(C[C@H]2CN(Cc3ccc(Oc4ncccn4)cc3)CCO2)cc1. The zero-order valence-corrected chi connectivity index (χ0v) is 15.2. The Kier molecular flexibility index (Phi) is 5.72. The fraction of sp³-hybridized carbons (Fsp3) is 0.273. The number of aromatic nitrogens is 2. The Labute approximate surface area is 159 Å². The van der Waals surface area contributed by atoms with E-state index in [-0.39, 0.29) is 6.10 Å². The van der Waals surface area contributed by atoms with E-state index in [1.165, 1.54) is 11.1 Å². The van der Waals surface area contributed by atoms with Gasteiger partial charge in [-0.3, -0.25) is 4.90 Å². The van der Waals surface area contributed by atoms with E-state index in [0.29, 0.717) is 6.01 Å². The molecule has 0 spiro atoms. The van der Waals surface area contributed by atoms with Crippen LogP contribution in [0.5, 0.6) is 11.8 Å². The summed E-state index contributed by atoms with van der Waals surface area (Å²) >= 11 is 0. The molecule has 27 heavy (non-hydrogen) atoms. The number of hydrogen-bond acceptors (Lipinski definition) is 5. The van der Waals surface area contributed by atoms with Crippen molar-refractivity contribution in [2.75, 3.05) is 19.7 Å². The maximum absolute atomic E-state index is 5.96. The summed E-state index contributed by atoms with van der Waals surface area (Å²) in [5.41, 5.74) is 2.59. The van der Waals surface area contributed by atoms with Gasteiger partial charge in [0.2, 0.25) is 0 Å². The van der Waals surface area contributed by atoms with Crippen LogP contribution in [0.15, 0.2) is 73.1 Å². The second-order valence-electron chi connectivity index (χ2n) is 6.70. The average Bonchev–Trinajstić information content (AvgIpc) is 2.71. The molecule has 2 aromatic carbocycles. The van der Waals surface area contributed by atoms with Crippen LogP contribution in [-0.2, 0) is 17.7 Å². The Morgan fingerprint density at radius 2 is 1.70 bits per heavy atom. The van der Waals surface area contributed by atoms with Gasteiger partial charge in [0.25, 0.3) is 0 Å².